The third-order valence-electron chi connectivity index (χ3n) is 5.02. The number of nitrogens with one attached hydrogen (secondary N) is 1. The first kappa shape index (κ1) is 16.0. The number of carbonyl (C=O) groups excluding carboxylic acids is 2. The summed E-state index contributed by atoms with van der Waals surface area (Å²) in [7, 11) is 0. The number of rotatable bonds is 3. The summed E-state index contributed by atoms with van der Waals surface area (Å²) in [4.78, 5) is 26.4. The van der Waals surface area contributed by atoms with Gasteiger partial charge in [0.15, 0.2) is 0 Å². The predicted octanol–water partition coefficient (Wildman–Crippen LogP) is 2.80. The molecule has 0 aromatic heterocycles. The monoisotopic (exact) mass is 314 g/mol. The molecule has 0 bridgehead atoms. The molecule has 1 aliphatic carbocycles. The summed E-state index contributed by atoms with van der Waals surface area (Å²) >= 11 is 0. The number of benzene rings is 1. The largest absolute Gasteiger partial charge is 0.353 e. The van der Waals surface area contributed by atoms with Crippen LogP contribution in [0, 0.1) is 0 Å². The van der Waals surface area contributed by atoms with Crippen LogP contribution in [0.4, 0.5) is 0 Å². The highest BCUT2D eigenvalue weighted by Gasteiger charge is 2.23. The van der Waals surface area contributed by atoms with Gasteiger partial charge in [-0.2, -0.15) is 0 Å². The van der Waals surface area contributed by atoms with Gasteiger partial charge < -0.3 is 10.2 Å². The summed E-state index contributed by atoms with van der Waals surface area (Å²) in [6, 6.07) is 8.50. The van der Waals surface area contributed by atoms with Gasteiger partial charge in [-0.05, 0) is 30.4 Å². The van der Waals surface area contributed by atoms with Crippen molar-refractivity contribution in [2.24, 2.45) is 0 Å². The lowest BCUT2D eigenvalue weighted by atomic mass is 10.00. The van der Waals surface area contributed by atoms with Crippen LogP contribution >= 0.6 is 0 Å². The number of amides is 2. The molecule has 1 heterocycles. The van der Waals surface area contributed by atoms with Gasteiger partial charge in [0.05, 0.1) is 0 Å². The summed E-state index contributed by atoms with van der Waals surface area (Å²) in [6.45, 7) is 1.35. The second-order valence-corrected chi connectivity index (χ2v) is 6.77. The van der Waals surface area contributed by atoms with Gasteiger partial charge in [0.25, 0.3) is 0 Å². The first-order valence-electron chi connectivity index (χ1n) is 8.86. The number of hydrogen-bond donors (Lipinski definition) is 1. The van der Waals surface area contributed by atoms with Gasteiger partial charge in [-0.3, -0.25) is 9.59 Å². The summed E-state index contributed by atoms with van der Waals surface area (Å²) in [5.74, 6) is -0.161. The van der Waals surface area contributed by atoms with Crippen molar-refractivity contribution >= 4 is 11.8 Å². The lowest BCUT2D eigenvalue weighted by Gasteiger charge is -2.29. The number of hydrogen-bond acceptors (Lipinski definition) is 2. The Morgan fingerprint density at radius 2 is 1.74 bits per heavy atom. The van der Waals surface area contributed by atoms with Crippen LogP contribution in [0.15, 0.2) is 24.3 Å². The van der Waals surface area contributed by atoms with Gasteiger partial charge in [-0.15, -0.1) is 0 Å². The van der Waals surface area contributed by atoms with Crippen LogP contribution in [0.2, 0.25) is 0 Å². The predicted molar refractivity (Wildman–Crippen MR) is 89.8 cm³/mol. The maximum atomic E-state index is 12.4. The maximum Gasteiger partial charge on any atom is 0.232 e. The maximum absolute atomic E-state index is 12.4. The van der Waals surface area contributed by atoms with E-state index in [2.05, 4.69) is 17.4 Å². The summed E-state index contributed by atoms with van der Waals surface area (Å²) in [5.41, 5.74) is 2.52. The Kier molecular flexibility index (Phi) is 5.31. The van der Waals surface area contributed by atoms with E-state index in [-0.39, 0.29) is 24.3 Å². The Labute approximate surface area is 138 Å². The van der Waals surface area contributed by atoms with Gasteiger partial charge in [0.1, 0.15) is 6.42 Å². The normalized spacial score (nSPS) is 18.9. The number of carbonyl (C=O) groups is 2. The molecule has 4 nitrogen and oxygen atoms in total. The molecule has 1 aromatic rings. The van der Waals surface area contributed by atoms with E-state index in [0.717, 1.165) is 19.3 Å². The SMILES string of the molecule is O=C(CC(=O)N1CCc2ccccc2C1)NC1CCCCCC1. The summed E-state index contributed by atoms with van der Waals surface area (Å²) in [5, 5.41) is 3.06. The van der Waals surface area contributed by atoms with E-state index in [4.69, 9.17) is 0 Å². The van der Waals surface area contributed by atoms with Crippen LogP contribution in [0.3, 0.4) is 0 Å². The average molecular weight is 314 g/mol. The van der Waals surface area contributed by atoms with Gasteiger partial charge in [0.2, 0.25) is 11.8 Å². The minimum Gasteiger partial charge on any atom is -0.353 e. The van der Waals surface area contributed by atoms with Gasteiger partial charge in [-0.25, -0.2) is 0 Å². The minimum atomic E-state index is -0.110. The van der Waals surface area contributed by atoms with Crippen molar-refractivity contribution in [3.05, 3.63) is 35.4 Å². The van der Waals surface area contributed by atoms with E-state index < -0.39 is 0 Å². The second-order valence-electron chi connectivity index (χ2n) is 6.77. The highest BCUT2D eigenvalue weighted by molar-refractivity contribution is 5.97. The van der Waals surface area contributed by atoms with Crippen molar-refractivity contribution in [3.63, 3.8) is 0 Å². The Morgan fingerprint density at radius 3 is 2.48 bits per heavy atom. The molecule has 0 atom stereocenters. The smallest absolute Gasteiger partial charge is 0.232 e. The fourth-order valence-electron chi connectivity index (χ4n) is 3.66. The molecule has 0 unspecified atom stereocenters. The average Bonchev–Trinajstić information content (AvgIpc) is 2.83. The molecule has 3 rings (SSSR count). The van der Waals surface area contributed by atoms with E-state index in [1.54, 1.807) is 0 Å². The van der Waals surface area contributed by atoms with Crippen LogP contribution in [0.1, 0.15) is 56.1 Å². The van der Waals surface area contributed by atoms with Crippen molar-refractivity contribution in [1.29, 1.82) is 0 Å². The third-order valence-corrected chi connectivity index (χ3v) is 5.02. The molecule has 4 heteroatoms. The molecular formula is C19H26N2O2. The zero-order chi connectivity index (χ0) is 16.1. The van der Waals surface area contributed by atoms with Gasteiger partial charge in [0, 0.05) is 19.1 Å². The summed E-state index contributed by atoms with van der Waals surface area (Å²) < 4.78 is 0. The van der Waals surface area contributed by atoms with Gasteiger partial charge in [-0.1, -0.05) is 49.9 Å². The van der Waals surface area contributed by atoms with Crippen molar-refractivity contribution in [1.82, 2.24) is 10.2 Å². The molecule has 23 heavy (non-hydrogen) atoms. The molecule has 1 saturated carbocycles. The van der Waals surface area contributed by atoms with Crippen molar-refractivity contribution in [2.75, 3.05) is 6.54 Å². The Bertz CT molecular complexity index is 562. The number of fused-ring (bicyclic) bond motifs is 1. The zero-order valence-corrected chi connectivity index (χ0v) is 13.7. The first-order valence-corrected chi connectivity index (χ1v) is 8.86. The van der Waals surface area contributed by atoms with E-state index in [0.29, 0.717) is 13.1 Å². The lowest BCUT2D eigenvalue weighted by Crippen LogP contribution is -2.41. The second kappa shape index (κ2) is 7.62. The van der Waals surface area contributed by atoms with Crippen LogP contribution in [-0.4, -0.2) is 29.3 Å². The molecule has 1 fully saturated rings. The van der Waals surface area contributed by atoms with Gasteiger partial charge >= 0.3 is 0 Å². The highest BCUT2D eigenvalue weighted by Crippen LogP contribution is 2.20. The summed E-state index contributed by atoms with van der Waals surface area (Å²) in [6.07, 6.45) is 7.86. The van der Waals surface area contributed by atoms with Crippen LogP contribution in [0.5, 0.6) is 0 Å². The van der Waals surface area contributed by atoms with Crippen LogP contribution in [-0.2, 0) is 22.6 Å². The Morgan fingerprint density at radius 1 is 1.04 bits per heavy atom. The molecular weight excluding hydrogens is 288 g/mol. The van der Waals surface area contributed by atoms with E-state index in [1.165, 1.54) is 36.8 Å². The standard InChI is InChI=1S/C19H26N2O2/c22-18(20-17-9-3-1-2-4-10-17)13-19(23)21-12-11-15-7-5-6-8-16(15)14-21/h5-8,17H,1-4,9-14H2,(H,20,22). The number of nitrogens with zero attached hydrogens (tertiary/aromatic N) is 1. The fraction of sp³-hybridized carbons (Fsp3) is 0.579. The topological polar surface area (TPSA) is 49.4 Å². The quantitative estimate of drug-likeness (QED) is 0.689. The molecule has 2 aliphatic rings. The molecule has 2 amide bonds. The van der Waals surface area contributed by atoms with Crippen molar-refractivity contribution in [3.8, 4) is 0 Å². The third kappa shape index (κ3) is 4.34. The molecule has 1 N–H and O–H groups in total. The molecule has 1 aliphatic heterocycles. The molecule has 1 aromatic carbocycles. The fourth-order valence-corrected chi connectivity index (χ4v) is 3.66. The van der Waals surface area contributed by atoms with E-state index in [1.807, 2.05) is 17.0 Å². The Hall–Kier alpha value is -1.84. The van der Waals surface area contributed by atoms with Crippen LogP contribution in [0.25, 0.3) is 0 Å². The van der Waals surface area contributed by atoms with E-state index >= 15 is 0 Å². The van der Waals surface area contributed by atoms with E-state index in [9.17, 15) is 9.59 Å². The zero-order valence-electron chi connectivity index (χ0n) is 13.7. The molecule has 124 valence electrons. The van der Waals surface area contributed by atoms with Crippen LogP contribution < -0.4 is 5.32 Å². The van der Waals surface area contributed by atoms with Crippen molar-refractivity contribution < 1.29 is 9.59 Å². The lowest BCUT2D eigenvalue weighted by molar-refractivity contribution is -0.137. The van der Waals surface area contributed by atoms with Crippen molar-refractivity contribution in [2.45, 2.75) is 64.0 Å². The first-order chi connectivity index (χ1) is 11.2. The molecule has 0 saturated heterocycles. The molecule has 0 radical (unpaired) electrons. The Balaban J connectivity index is 1.50. The highest BCUT2D eigenvalue weighted by atomic mass is 16.2. The minimum absolute atomic E-state index is 0.0152. The molecule has 0 spiro atoms.